The number of hydrogen-bond donors (Lipinski definition) is 2. The largest absolute Gasteiger partial charge is 0.352 e. The smallest absolute Gasteiger partial charge is 0.286 e. The average molecular weight is 482 g/mol. The molecular formula is C24H24FN5O3S. The minimum absolute atomic E-state index is 0.0883. The zero-order valence-corrected chi connectivity index (χ0v) is 19.4. The van der Waals surface area contributed by atoms with Crippen molar-refractivity contribution in [1.82, 2.24) is 20.4 Å². The number of nitrogens with zero attached hydrogens (tertiary/aromatic N) is 3. The van der Waals surface area contributed by atoms with Crippen LogP contribution in [-0.2, 0) is 11.3 Å². The summed E-state index contributed by atoms with van der Waals surface area (Å²) < 4.78 is 13.3. The van der Waals surface area contributed by atoms with Crippen LogP contribution in [0.1, 0.15) is 43.6 Å². The van der Waals surface area contributed by atoms with E-state index in [0.29, 0.717) is 30.6 Å². The van der Waals surface area contributed by atoms with Crippen LogP contribution in [-0.4, -0.2) is 45.9 Å². The molecule has 10 heteroatoms. The van der Waals surface area contributed by atoms with E-state index in [9.17, 15) is 18.8 Å². The van der Waals surface area contributed by atoms with E-state index in [4.69, 9.17) is 0 Å². The van der Waals surface area contributed by atoms with Crippen molar-refractivity contribution < 1.29 is 18.8 Å². The van der Waals surface area contributed by atoms with E-state index in [1.54, 1.807) is 29.2 Å². The van der Waals surface area contributed by atoms with Crippen molar-refractivity contribution in [3.8, 4) is 0 Å². The van der Waals surface area contributed by atoms with Crippen LogP contribution in [0.4, 0.5) is 10.1 Å². The predicted octanol–water partition coefficient (Wildman–Crippen LogP) is 3.41. The lowest BCUT2D eigenvalue weighted by atomic mass is 9.97. The van der Waals surface area contributed by atoms with E-state index in [1.807, 2.05) is 19.1 Å². The summed E-state index contributed by atoms with van der Waals surface area (Å²) in [7, 11) is 0. The molecule has 1 saturated heterocycles. The lowest BCUT2D eigenvalue weighted by Crippen LogP contribution is -2.45. The van der Waals surface area contributed by atoms with E-state index in [0.717, 1.165) is 16.9 Å². The van der Waals surface area contributed by atoms with Crippen molar-refractivity contribution in [3.05, 3.63) is 75.5 Å². The molecule has 1 fully saturated rings. The van der Waals surface area contributed by atoms with Crippen LogP contribution in [0.2, 0.25) is 0 Å². The van der Waals surface area contributed by atoms with Gasteiger partial charge in [-0.3, -0.25) is 14.4 Å². The number of amides is 3. The summed E-state index contributed by atoms with van der Waals surface area (Å²) in [5, 5.41) is 13.5. The summed E-state index contributed by atoms with van der Waals surface area (Å²) in [6.45, 7) is 2.92. The number of nitrogens with one attached hydrogen (secondary N) is 2. The molecule has 2 aromatic carbocycles. The molecule has 0 unspecified atom stereocenters. The number of benzene rings is 2. The molecule has 3 amide bonds. The lowest BCUT2D eigenvalue weighted by Gasteiger charge is -2.31. The Labute approximate surface area is 200 Å². The third-order valence-corrected chi connectivity index (χ3v) is 6.46. The Bertz CT molecular complexity index is 1200. The molecule has 4 rings (SSSR count). The fourth-order valence-electron chi connectivity index (χ4n) is 3.71. The highest BCUT2D eigenvalue weighted by Gasteiger charge is 2.30. The summed E-state index contributed by atoms with van der Waals surface area (Å²) in [4.78, 5) is 39.6. The molecule has 1 aliphatic rings. The second-order valence-corrected chi connectivity index (χ2v) is 9.15. The number of rotatable bonds is 6. The number of carbonyl (C=O) groups is 3. The Balaban J connectivity index is 1.33. The van der Waals surface area contributed by atoms with Crippen LogP contribution < -0.4 is 10.6 Å². The van der Waals surface area contributed by atoms with E-state index in [2.05, 4.69) is 20.8 Å². The number of anilines is 1. The van der Waals surface area contributed by atoms with E-state index < -0.39 is 5.91 Å². The number of hydrogen-bond acceptors (Lipinski definition) is 6. The lowest BCUT2D eigenvalue weighted by molar-refractivity contribution is -0.126. The molecule has 2 heterocycles. The molecule has 176 valence electrons. The third kappa shape index (κ3) is 5.82. The van der Waals surface area contributed by atoms with Gasteiger partial charge in [-0.25, -0.2) is 4.39 Å². The van der Waals surface area contributed by atoms with Crippen LogP contribution in [0.3, 0.4) is 0 Å². The minimum Gasteiger partial charge on any atom is -0.352 e. The first-order valence-corrected chi connectivity index (χ1v) is 11.7. The Morgan fingerprint density at radius 3 is 2.65 bits per heavy atom. The van der Waals surface area contributed by atoms with Gasteiger partial charge in [-0.15, -0.1) is 10.2 Å². The highest BCUT2D eigenvalue weighted by molar-refractivity contribution is 7.15. The maximum atomic E-state index is 13.3. The average Bonchev–Trinajstić information content (AvgIpc) is 3.34. The molecule has 0 radical (unpaired) electrons. The highest BCUT2D eigenvalue weighted by Crippen LogP contribution is 2.21. The molecule has 8 nitrogen and oxygen atoms in total. The molecule has 34 heavy (non-hydrogen) atoms. The van der Waals surface area contributed by atoms with Crippen molar-refractivity contribution in [2.45, 2.75) is 26.3 Å². The Morgan fingerprint density at radius 1 is 1.12 bits per heavy atom. The van der Waals surface area contributed by atoms with Crippen LogP contribution in [0.15, 0.2) is 48.5 Å². The summed E-state index contributed by atoms with van der Waals surface area (Å²) in [6, 6.07) is 13.4. The van der Waals surface area contributed by atoms with Crippen molar-refractivity contribution >= 4 is 34.7 Å². The zero-order valence-electron chi connectivity index (χ0n) is 18.6. The molecule has 1 aliphatic heterocycles. The molecule has 0 spiro atoms. The second-order valence-electron chi connectivity index (χ2n) is 8.17. The molecular weight excluding hydrogens is 457 g/mol. The number of carbonyl (C=O) groups excluding carboxylic acids is 3. The maximum absolute atomic E-state index is 13.3. The van der Waals surface area contributed by atoms with Gasteiger partial charge in [-0.2, -0.15) is 0 Å². The quantitative estimate of drug-likeness (QED) is 0.562. The Hall–Kier alpha value is -3.66. The van der Waals surface area contributed by atoms with Gasteiger partial charge in [0.05, 0.1) is 5.92 Å². The molecule has 2 N–H and O–H groups in total. The molecule has 0 aliphatic carbocycles. The standard InChI is InChI=1S/C24H24FN5O3S/c1-15-7-9-19(10-8-15)27-21(32)22-28-29-23(34-22)24(33)30-11-3-5-17(14-30)20(31)26-13-16-4-2-6-18(25)12-16/h2,4,6-10,12,17H,3,5,11,13-14H2,1H3,(H,26,31)(H,27,32)/t17-/m0/s1. The summed E-state index contributed by atoms with van der Waals surface area (Å²) in [5.74, 6) is -1.70. The predicted molar refractivity (Wildman–Crippen MR) is 126 cm³/mol. The normalized spacial score (nSPS) is 15.6. The van der Waals surface area contributed by atoms with Gasteiger partial charge >= 0.3 is 0 Å². The maximum Gasteiger partial charge on any atom is 0.286 e. The van der Waals surface area contributed by atoms with Crippen LogP contribution in [0.25, 0.3) is 0 Å². The van der Waals surface area contributed by atoms with Gasteiger partial charge in [0, 0.05) is 25.3 Å². The second kappa shape index (κ2) is 10.5. The summed E-state index contributed by atoms with van der Waals surface area (Å²) in [6.07, 6.45) is 1.32. The molecule has 0 saturated carbocycles. The number of piperidine rings is 1. The number of halogens is 1. The zero-order chi connectivity index (χ0) is 24.1. The van der Waals surface area contributed by atoms with E-state index in [-0.39, 0.29) is 46.7 Å². The SMILES string of the molecule is Cc1ccc(NC(=O)c2nnc(C(=O)N3CCC[C@H](C(=O)NCc4cccc(F)c4)C3)s2)cc1. The van der Waals surface area contributed by atoms with Crippen LogP contribution in [0.5, 0.6) is 0 Å². The molecule has 3 aromatic rings. The van der Waals surface area contributed by atoms with Gasteiger partial charge in [-0.05, 0) is 49.6 Å². The Kier molecular flexibility index (Phi) is 7.27. The Morgan fingerprint density at radius 2 is 1.88 bits per heavy atom. The molecule has 1 aromatic heterocycles. The monoisotopic (exact) mass is 481 g/mol. The van der Waals surface area contributed by atoms with Crippen molar-refractivity contribution in [2.75, 3.05) is 18.4 Å². The summed E-state index contributed by atoms with van der Waals surface area (Å²) >= 11 is 0.922. The number of likely N-dealkylation sites (tertiary alicyclic amines) is 1. The topological polar surface area (TPSA) is 104 Å². The third-order valence-electron chi connectivity index (χ3n) is 5.55. The molecule has 1 atom stereocenters. The highest BCUT2D eigenvalue weighted by atomic mass is 32.1. The summed E-state index contributed by atoms with van der Waals surface area (Å²) in [5.41, 5.74) is 2.37. The number of aryl methyl sites for hydroxylation is 1. The fourth-order valence-corrected chi connectivity index (χ4v) is 4.42. The van der Waals surface area contributed by atoms with Gasteiger partial charge < -0.3 is 15.5 Å². The first kappa shape index (κ1) is 23.5. The van der Waals surface area contributed by atoms with Crippen molar-refractivity contribution in [2.24, 2.45) is 5.92 Å². The number of aromatic nitrogens is 2. The minimum atomic E-state index is -0.436. The van der Waals surface area contributed by atoms with E-state index >= 15 is 0 Å². The van der Waals surface area contributed by atoms with Gasteiger partial charge in [0.2, 0.25) is 15.9 Å². The van der Waals surface area contributed by atoms with Crippen LogP contribution in [0, 0.1) is 18.7 Å². The first-order chi connectivity index (χ1) is 16.4. The van der Waals surface area contributed by atoms with Gasteiger partial charge in [0.15, 0.2) is 0 Å². The van der Waals surface area contributed by atoms with Gasteiger partial charge in [0.25, 0.3) is 11.8 Å². The molecule has 0 bridgehead atoms. The van der Waals surface area contributed by atoms with Crippen molar-refractivity contribution in [3.63, 3.8) is 0 Å². The van der Waals surface area contributed by atoms with Gasteiger partial charge in [-0.1, -0.05) is 41.2 Å². The fraction of sp³-hybridized carbons (Fsp3) is 0.292. The van der Waals surface area contributed by atoms with Crippen LogP contribution >= 0.6 is 11.3 Å². The van der Waals surface area contributed by atoms with Gasteiger partial charge in [0.1, 0.15) is 5.82 Å². The first-order valence-electron chi connectivity index (χ1n) is 10.9. The van der Waals surface area contributed by atoms with E-state index in [1.165, 1.54) is 12.1 Å². The van der Waals surface area contributed by atoms with Crippen molar-refractivity contribution in [1.29, 1.82) is 0 Å².